The van der Waals surface area contributed by atoms with Crippen LogP contribution in [0.5, 0.6) is 0 Å². The molecule has 0 bridgehead atoms. The Morgan fingerprint density at radius 3 is 0.643 bits per heavy atom. The van der Waals surface area contributed by atoms with Crippen molar-refractivity contribution < 1.29 is 0 Å². The SMILES string of the molecule is CC(C)(C)[Si](C(C)(C)C)(C(C)(C)C)[Si](Br)(c1ccccc1)[Si](Br)(c1ccccc1)[Si](C(C)(C)C)(C(C)(C)C)C(C)(C)C. The molecule has 0 aliphatic heterocycles. The van der Waals surface area contributed by atoms with Crippen LogP contribution in [0.2, 0.25) is 30.2 Å². The van der Waals surface area contributed by atoms with E-state index in [4.69, 9.17) is 30.6 Å². The molecular formula is C36H64Br2Si4. The fraction of sp³-hybridized carbons (Fsp3) is 0.667. The van der Waals surface area contributed by atoms with Gasteiger partial charge in [0.05, 0.1) is 15.2 Å². The van der Waals surface area contributed by atoms with Crippen molar-refractivity contribution in [1.82, 2.24) is 0 Å². The largest absolute Gasteiger partial charge is 0.160 e. The summed E-state index contributed by atoms with van der Waals surface area (Å²) in [6.07, 6.45) is 0. The van der Waals surface area contributed by atoms with Gasteiger partial charge < -0.3 is 0 Å². The molecule has 0 amide bonds. The van der Waals surface area contributed by atoms with Crippen molar-refractivity contribution in [2.75, 3.05) is 0 Å². The molecule has 238 valence electrons. The first-order chi connectivity index (χ1) is 18.5. The summed E-state index contributed by atoms with van der Waals surface area (Å²) >= 11 is 10.5. The maximum atomic E-state index is 5.25. The lowest BCUT2D eigenvalue weighted by Crippen LogP contribution is -2.96. The highest BCUT2D eigenvalue weighted by Crippen LogP contribution is 2.74. The average Bonchev–Trinajstić information content (AvgIpc) is 2.74. The Kier molecular flexibility index (Phi) is 10.5. The van der Waals surface area contributed by atoms with Crippen molar-refractivity contribution in [2.24, 2.45) is 0 Å². The van der Waals surface area contributed by atoms with Gasteiger partial charge in [-0.1, -0.05) is 196 Å². The summed E-state index contributed by atoms with van der Waals surface area (Å²) in [6, 6.07) is 23.9. The molecule has 0 aliphatic rings. The molecule has 0 fully saturated rings. The average molecular weight is 769 g/mol. The molecule has 0 radical (unpaired) electrons. The van der Waals surface area contributed by atoms with Gasteiger partial charge in [0.15, 0.2) is 11.5 Å². The molecule has 2 atom stereocenters. The summed E-state index contributed by atoms with van der Waals surface area (Å²) in [5.41, 5.74) is -5.40. The van der Waals surface area contributed by atoms with Gasteiger partial charge in [-0.25, -0.2) is 0 Å². The van der Waals surface area contributed by atoms with Crippen LogP contribution in [0.3, 0.4) is 0 Å². The van der Waals surface area contributed by atoms with Crippen LogP contribution < -0.4 is 10.4 Å². The molecule has 6 heteroatoms. The zero-order valence-electron chi connectivity index (χ0n) is 30.5. The summed E-state index contributed by atoms with van der Waals surface area (Å²) in [5.74, 6) is 0. The smallest absolute Gasteiger partial charge is 0.126 e. The van der Waals surface area contributed by atoms with Crippen LogP contribution in [0.4, 0.5) is 0 Å². The fourth-order valence-electron chi connectivity index (χ4n) is 12.5. The molecule has 0 spiro atoms. The number of hydrogen-bond acceptors (Lipinski definition) is 0. The van der Waals surface area contributed by atoms with E-state index in [0.717, 1.165) is 0 Å². The summed E-state index contributed by atoms with van der Waals surface area (Å²) in [6.45, 7) is 47.1. The third-order valence-electron chi connectivity index (χ3n) is 10.6. The molecule has 0 heterocycles. The second kappa shape index (κ2) is 11.5. The van der Waals surface area contributed by atoms with Gasteiger partial charge >= 0.3 is 0 Å². The predicted molar refractivity (Wildman–Crippen MR) is 211 cm³/mol. The number of benzene rings is 2. The first kappa shape index (κ1) is 38.5. The molecule has 2 unspecified atom stereocenters. The first-order valence-corrected chi connectivity index (χ1v) is 31.5. The number of rotatable bonds is 5. The Morgan fingerprint density at radius 1 is 0.333 bits per heavy atom. The van der Waals surface area contributed by atoms with Crippen LogP contribution in [-0.4, -0.2) is 26.6 Å². The van der Waals surface area contributed by atoms with E-state index >= 15 is 0 Å². The second-order valence-corrected chi connectivity index (χ2v) is 67.3. The van der Waals surface area contributed by atoms with Crippen molar-refractivity contribution in [3.63, 3.8) is 0 Å². The van der Waals surface area contributed by atoms with E-state index in [9.17, 15) is 0 Å². The topological polar surface area (TPSA) is 0 Å². The highest BCUT2D eigenvalue weighted by atomic mass is 79.9. The number of halogens is 2. The predicted octanol–water partition coefficient (Wildman–Crippen LogP) is 12.4. The molecule has 2 aromatic carbocycles. The van der Waals surface area contributed by atoms with Gasteiger partial charge in [-0.2, -0.15) is 0 Å². The molecule has 0 nitrogen and oxygen atoms in total. The van der Waals surface area contributed by atoms with Crippen molar-refractivity contribution in [2.45, 2.75) is 155 Å². The molecule has 2 rings (SSSR count). The second-order valence-electron chi connectivity index (χ2n) is 19.0. The summed E-state index contributed by atoms with van der Waals surface area (Å²) in [5, 5.41) is 3.99. The van der Waals surface area contributed by atoms with Gasteiger partial charge in [-0.15, -0.1) is 30.6 Å². The number of hydrogen-bond donors (Lipinski definition) is 0. The molecular weight excluding hydrogens is 705 g/mol. The Balaban J connectivity index is 3.75. The third-order valence-corrected chi connectivity index (χ3v) is 107. The molecule has 0 saturated carbocycles. The van der Waals surface area contributed by atoms with E-state index in [2.05, 4.69) is 185 Å². The first-order valence-electron chi connectivity index (χ1n) is 15.9. The molecule has 42 heavy (non-hydrogen) atoms. The van der Waals surface area contributed by atoms with E-state index in [1.165, 1.54) is 0 Å². The van der Waals surface area contributed by atoms with E-state index in [1.807, 2.05) is 0 Å². The highest BCUT2D eigenvalue weighted by molar-refractivity contribution is 9.40. The third kappa shape index (κ3) is 5.20. The van der Waals surface area contributed by atoms with Crippen molar-refractivity contribution >= 4 is 67.6 Å². The van der Waals surface area contributed by atoms with E-state index in [-0.39, 0.29) is 30.2 Å². The lowest BCUT2D eigenvalue weighted by atomic mass is 10.2. The van der Waals surface area contributed by atoms with Crippen LogP contribution in [0.15, 0.2) is 60.7 Å². The monoisotopic (exact) mass is 766 g/mol. The maximum absolute atomic E-state index is 5.25. The molecule has 0 N–H and O–H groups in total. The van der Waals surface area contributed by atoms with E-state index in [1.54, 1.807) is 10.4 Å². The van der Waals surface area contributed by atoms with Crippen LogP contribution >= 0.6 is 30.6 Å². The fourth-order valence-corrected chi connectivity index (χ4v) is 161. The Bertz CT molecular complexity index is 1030. The van der Waals surface area contributed by atoms with Gasteiger partial charge in [0.25, 0.3) is 0 Å². The summed E-state index contributed by atoms with van der Waals surface area (Å²) in [4.78, 5) is 0. The van der Waals surface area contributed by atoms with Crippen molar-refractivity contribution in [1.29, 1.82) is 0 Å². The lowest BCUT2D eigenvalue weighted by Gasteiger charge is -2.75. The van der Waals surface area contributed by atoms with Gasteiger partial charge in [0.2, 0.25) is 0 Å². The summed E-state index contributed by atoms with van der Waals surface area (Å²) < 4.78 is 0. The minimum atomic E-state index is -2.70. The zero-order chi connectivity index (χ0) is 33.2. The highest BCUT2D eigenvalue weighted by Gasteiger charge is 2.85. The molecule has 2 aromatic rings. The normalized spacial score (nSPS) is 17.9. The van der Waals surface area contributed by atoms with Gasteiger partial charge in [-0.05, 0) is 30.2 Å². The van der Waals surface area contributed by atoms with Crippen LogP contribution in [0.1, 0.15) is 125 Å². The maximum Gasteiger partial charge on any atom is 0.160 e. The Labute approximate surface area is 281 Å². The van der Waals surface area contributed by atoms with Gasteiger partial charge in [0.1, 0.15) is 0 Å². The lowest BCUT2D eigenvalue weighted by molar-refractivity contribution is 0.551. The van der Waals surface area contributed by atoms with Crippen molar-refractivity contribution in [3.8, 4) is 0 Å². The quantitative estimate of drug-likeness (QED) is 0.210. The Hall–Kier alpha value is 0.268. The molecule has 0 saturated heterocycles. The molecule has 0 aromatic heterocycles. The van der Waals surface area contributed by atoms with Crippen LogP contribution in [0.25, 0.3) is 0 Å². The summed E-state index contributed by atoms with van der Waals surface area (Å²) in [7, 11) is -4.91. The van der Waals surface area contributed by atoms with E-state index in [0.29, 0.717) is 0 Å². The minimum Gasteiger partial charge on any atom is -0.126 e. The Morgan fingerprint density at radius 2 is 0.500 bits per heavy atom. The molecule has 0 aliphatic carbocycles. The standard InChI is InChI=1S/C36H64Br2Si4/c1-31(2,3)41(32(4,5)6,33(7,8)9)39(37,29-25-21-19-22-26-29)40(38,30-27-23-20-24-28-30)42(34(10,11)12,35(13,14)15)36(16,17)18/h19-28H,1-18H3. The van der Waals surface area contributed by atoms with Crippen molar-refractivity contribution in [3.05, 3.63) is 60.7 Å². The van der Waals surface area contributed by atoms with Crippen LogP contribution in [0, 0.1) is 0 Å². The van der Waals surface area contributed by atoms with Gasteiger partial charge in [-0.3, -0.25) is 0 Å². The minimum absolute atomic E-state index is 0.129. The zero-order valence-corrected chi connectivity index (χ0v) is 37.7. The van der Waals surface area contributed by atoms with Crippen LogP contribution in [-0.2, 0) is 0 Å². The van der Waals surface area contributed by atoms with E-state index < -0.39 is 26.6 Å². The van der Waals surface area contributed by atoms with Gasteiger partial charge in [0, 0.05) is 0 Å².